The summed E-state index contributed by atoms with van der Waals surface area (Å²) in [5, 5.41) is 0. The van der Waals surface area contributed by atoms with E-state index in [1.165, 1.54) is 83.5 Å². The molecule has 0 aliphatic heterocycles. The first-order valence-corrected chi connectivity index (χ1v) is 9.83. The van der Waals surface area contributed by atoms with Crippen LogP contribution in [-0.4, -0.2) is 0 Å². The molecular formula is C20H40. The van der Waals surface area contributed by atoms with Crippen molar-refractivity contribution < 1.29 is 0 Å². The van der Waals surface area contributed by atoms with Crippen LogP contribution in [0.15, 0.2) is 0 Å². The van der Waals surface area contributed by atoms with Crippen LogP contribution in [-0.2, 0) is 0 Å². The van der Waals surface area contributed by atoms with Crippen LogP contribution < -0.4 is 0 Å². The Balaban J connectivity index is 1.98. The van der Waals surface area contributed by atoms with Gasteiger partial charge in [-0.2, -0.15) is 0 Å². The van der Waals surface area contributed by atoms with Gasteiger partial charge >= 0.3 is 0 Å². The lowest BCUT2D eigenvalue weighted by Crippen LogP contribution is -2.29. The summed E-state index contributed by atoms with van der Waals surface area (Å²) >= 11 is 0. The van der Waals surface area contributed by atoms with Gasteiger partial charge in [0.1, 0.15) is 0 Å². The van der Waals surface area contributed by atoms with Gasteiger partial charge < -0.3 is 0 Å². The molecule has 0 radical (unpaired) electrons. The fraction of sp³-hybridized carbons (Fsp3) is 1.00. The second-order valence-electron chi connectivity index (χ2n) is 7.39. The van der Waals surface area contributed by atoms with Crippen molar-refractivity contribution in [2.24, 2.45) is 5.41 Å². The van der Waals surface area contributed by atoms with E-state index in [2.05, 4.69) is 13.8 Å². The zero-order valence-corrected chi connectivity index (χ0v) is 14.5. The van der Waals surface area contributed by atoms with Gasteiger partial charge in [0, 0.05) is 0 Å². The quantitative estimate of drug-likeness (QED) is 0.286. The fourth-order valence-electron chi connectivity index (χ4n) is 3.86. The van der Waals surface area contributed by atoms with Crippen LogP contribution in [0.2, 0.25) is 0 Å². The first-order chi connectivity index (χ1) is 9.83. The first kappa shape index (κ1) is 18.1. The second-order valence-corrected chi connectivity index (χ2v) is 7.39. The molecule has 0 nitrogen and oxygen atoms in total. The van der Waals surface area contributed by atoms with Crippen LogP contribution in [0, 0.1) is 5.41 Å². The molecule has 0 heterocycles. The van der Waals surface area contributed by atoms with Gasteiger partial charge in [-0.25, -0.2) is 0 Å². The van der Waals surface area contributed by atoms with Crippen molar-refractivity contribution in [1.29, 1.82) is 0 Å². The Bertz CT molecular complexity index is 184. The molecule has 20 heavy (non-hydrogen) atoms. The average molecular weight is 281 g/mol. The highest BCUT2D eigenvalue weighted by Crippen LogP contribution is 2.49. The van der Waals surface area contributed by atoms with Crippen LogP contribution in [0.3, 0.4) is 0 Å². The van der Waals surface area contributed by atoms with E-state index in [0.29, 0.717) is 0 Å². The van der Waals surface area contributed by atoms with Gasteiger partial charge in [0.25, 0.3) is 0 Å². The molecule has 0 spiro atoms. The fourth-order valence-corrected chi connectivity index (χ4v) is 3.86. The predicted molar refractivity (Wildman–Crippen MR) is 92.3 cm³/mol. The van der Waals surface area contributed by atoms with Crippen LogP contribution in [0.5, 0.6) is 0 Å². The third kappa shape index (κ3) is 7.70. The minimum absolute atomic E-state index is 0.815. The Labute approximate surface area is 129 Å². The molecule has 0 saturated heterocycles. The lowest BCUT2D eigenvalue weighted by Gasteiger charge is -2.42. The van der Waals surface area contributed by atoms with Crippen molar-refractivity contribution in [3.63, 3.8) is 0 Å². The van der Waals surface area contributed by atoms with Gasteiger partial charge in [-0.05, 0) is 31.1 Å². The van der Waals surface area contributed by atoms with Crippen molar-refractivity contribution in [3.8, 4) is 0 Å². The number of hydrogen-bond acceptors (Lipinski definition) is 0. The number of rotatable bonds is 14. The van der Waals surface area contributed by atoms with Crippen LogP contribution in [0.1, 0.15) is 123 Å². The molecule has 120 valence electrons. The summed E-state index contributed by atoms with van der Waals surface area (Å²) in [5.74, 6) is 0. The zero-order chi connectivity index (χ0) is 14.5. The summed E-state index contributed by atoms with van der Waals surface area (Å²) in [4.78, 5) is 0. The Morgan fingerprint density at radius 3 is 1.30 bits per heavy atom. The normalized spacial score (nSPS) is 17.1. The summed E-state index contributed by atoms with van der Waals surface area (Å²) in [6, 6.07) is 0. The summed E-state index contributed by atoms with van der Waals surface area (Å²) in [6.45, 7) is 4.62. The third-order valence-electron chi connectivity index (χ3n) is 5.54. The smallest absolute Gasteiger partial charge is 0.0297 e. The molecule has 1 saturated carbocycles. The van der Waals surface area contributed by atoms with Crippen molar-refractivity contribution in [2.45, 2.75) is 123 Å². The van der Waals surface area contributed by atoms with E-state index >= 15 is 0 Å². The molecule has 0 heteroatoms. The molecule has 0 unspecified atom stereocenters. The Hall–Kier alpha value is 0. The molecule has 0 atom stereocenters. The maximum atomic E-state index is 2.31. The Morgan fingerprint density at radius 1 is 0.550 bits per heavy atom. The highest BCUT2D eigenvalue weighted by molar-refractivity contribution is 4.87. The van der Waals surface area contributed by atoms with Crippen LogP contribution >= 0.6 is 0 Å². The summed E-state index contributed by atoms with van der Waals surface area (Å²) in [5.41, 5.74) is 0.815. The SMILES string of the molecule is CCCCCCCCC1(CCCCCCCC)CCC1. The van der Waals surface area contributed by atoms with Crippen LogP contribution in [0.25, 0.3) is 0 Å². The van der Waals surface area contributed by atoms with E-state index in [1.807, 2.05) is 0 Å². The topological polar surface area (TPSA) is 0 Å². The molecule has 0 aromatic heterocycles. The maximum Gasteiger partial charge on any atom is -0.0297 e. The van der Waals surface area contributed by atoms with E-state index < -0.39 is 0 Å². The summed E-state index contributed by atoms with van der Waals surface area (Å²) in [6.07, 6.45) is 25.3. The first-order valence-electron chi connectivity index (χ1n) is 9.83. The third-order valence-corrected chi connectivity index (χ3v) is 5.54. The predicted octanol–water partition coefficient (Wildman–Crippen LogP) is 7.66. The van der Waals surface area contributed by atoms with E-state index in [1.54, 1.807) is 25.7 Å². The van der Waals surface area contributed by atoms with Gasteiger partial charge in [0.05, 0.1) is 0 Å². The van der Waals surface area contributed by atoms with Crippen molar-refractivity contribution in [3.05, 3.63) is 0 Å². The molecule has 0 aromatic carbocycles. The molecule has 1 aliphatic rings. The van der Waals surface area contributed by atoms with Gasteiger partial charge in [0.2, 0.25) is 0 Å². The molecule has 1 rings (SSSR count). The average Bonchev–Trinajstić information content (AvgIpc) is 2.42. The molecule has 0 aromatic rings. The molecule has 0 N–H and O–H groups in total. The lowest BCUT2D eigenvalue weighted by atomic mass is 9.63. The lowest BCUT2D eigenvalue weighted by molar-refractivity contribution is 0.0976. The van der Waals surface area contributed by atoms with Crippen molar-refractivity contribution in [2.75, 3.05) is 0 Å². The van der Waals surface area contributed by atoms with Crippen LogP contribution in [0.4, 0.5) is 0 Å². The van der Waals surface area contributed by atoms with Gasteiger partial charge in [-0.15, -0.1) is 0 Å². The molecule has 1 aliphatic carbocycles. The van der Waals surface area contributed by atoms with Gasteiger partial charge in [-0.1, -0.05) is 97.3 Å². The van der Waals surface area contributed by atoms with E-state index in [0.717, 1.165) is 5.41 Å². The monoisotopic (exact) mass is 280 g/mol. The number of unbranched alkanes of at least 4 members (excludes halogenated alkanes) is 10. The maximum absolute atomic E-state index is 2.31. The van der Waals surface area contributed by atoms with Gasteiger partial charge in [0.15, 0.2) is 0 Å². The molecule has 0 amide bonds. The highest BCUT2D eigenvalue weighted by atomic mass is 14.4. The number of hydrogen-bond donors (Lipinski definition) is 0. The molecule has 1 fully saturated rings. The zero-order valence-electron chi connectivity index (χ0n) is 14.5. The summed E-state index contributed by atoms with van der Waals surface area (Å²) < 4.78 is 0. The minimum Gasteiger partial charge on any atom is -0.0654 e. The van der Waals surface area contributed by atoms with E-state index in [-0.39, 0.29) is 0 Å². The molecular weight excluding hydrogens is 240 g/mol. The summed E-state index contributed by atoms with van der Waals surface area (Å²) in [7, 11) is 0. The van der Waals surface area contributed by atoms with Crippen molar-refractivity contribution in [1.82, 2.24) is 0 Å². The minimum atomic E-state index is 0.815. The van der Waals surface area contributed by atoms with E-state index in [4.69, 9.17) is 0 Å². The van der Waals surface area contributed by atoms with Crippen molar-refractivity contribution >= 4 is 0 Å². The standard InChI is InChI=1S/C20H40/c1-3-5-7-9-11-13-16-20(18-15-19-20)17-14-12-10-8-6-4-2/h3-19H2,1-2H3. The second kappa shape index (κ2) is 11.6. The van der Waals surface area contributed by atoms with Gasteiger partial charge in [-0.3, -0.25) is 0 Å². The Morgan fingerprint density at radius 2 is 0.950 bits per heavy atom. The highest BCUT2D eigenvalue weighted by Gasteiger charge is 2.35. The van der Waals surface area contributed by atoms with E-state index in [9.17, 15) is 0 Å². The molecule has 0 bridgehead atoms. The Kier molecular flexibility index (Phi) is 10.5. The largest absolute Gasteiger partial charge is 0.0654 e.